The molecule has 2 aromatic rings. The fraction of sp³-hybridized carbons (Fsp3) is 0.391. The van der Waals surface area contributed by atoms with Crippen molar-refractivity contribution in [1.82, 2.24) is 10.6 Å². The van der Waals surface area contributed by atoms with E-state index in [-0.39, 0.29) is 17.9 Å². The van der Waals surface area contributed by atoms with Crippen molar-refractivity contribution in [3.63, 3.8) is 0 Å². The largest absolute Gasteiger partial charge is 0.493 e. The predicted octanol–water partition coefficient (Wildman–Crippen LogP) is 3.31. The number of nitrogens with one attached hydrogen (secondary N) is 2. The average molecular weight is 412 g/mol. The third-order valence-corrected chi connectivity index (χ3v) is 5.29. The Morgan fingerprint density at radius 2 is 1.47 bits per heavy atom. The van der Waals surface area contributed by atoms with Crippen LogP contribution in [0.15, 0.2) is 36.4 Å². The van der Waals surface area contributed by atoms with Crippen LogP contribution >= 0.6 is 0 Å². The summed E-state index contributed by atoms with van der Waals surface area (Å²) in [6, 6.07) is 10.8. The van der Waals surface area contributed by atoms with E-state index in [0.717, 1.165) is 18.4 Å². The summed E-state index contributed by atoms with van der Waals surface area (Å²) in [6.07, 6.45) is 4.46. The molecule has 0 saturated heterocycles. The molecule has 1 aliphatic rings. The van der Waals surface area contributed by atoms with E-state index >= 15 is 0 Å². The molecule has 30 heavy (non-hydrogen) atoms. The molecule has 2 amide bonds. The van der Waals surface area contributed by atoms with Crippen molar-refractivity contribution >= 4 is 11.8 Å². The first kappa shape index (κ1) is 21.5. The van der Waals surface area contributed by atoms with Crippen LogP contribution in [-0.2, 0) is 6.54 Å². The minimum atomic E-state index is -0.266. The molecule has 1 aliphatic carbocycles. The van der Waals surface area contributed by atoms with Crippen LogP contribution in [0.5, 0.6) is 17.2 Å². The zero-order valence-corrected chi connectivity index (χ0v) is 17.6. The van der Waals surface area contributed by atoms with Crippen molar-refractivity contribution in [2.24, 2.45) is 0 Å². The Hall–Kier alpha value is -3.22. The van der Waals surface area contributed by atoms with E-state index in [1.807, 2.05) is 12.1 Å². The van der Waals surface area contributed by atoms with Crippen molar-refractivity contribution < 1.29 is 23.8 Å². The average Bonchev–Trinajstić information content (AvgIpc) is 3.29. The Balaban J connectivity index is 1.61. The normalized spacial score (nSPS) is 13.6. The molecule has 0 bridgehead atoms. The second-order valence-corrected chi connectivity index (χ2v) is 7.25. The van der Waals surface area contributed by atoms with E-state index in [4.69, 9.17) is 14.2 Å². The van der Waals surface area contributed by atoms with E-state index in [1.54, 1.807) is 24.3 Å². The van der Waals surface area contributed by atoms with Gasteiger partial charge in [0, 0.05) is 23.7 Å². The van der Waals surface area contributed by atoms with Gasteiger partial charge < -0.3 is 24.8 Å². The summed E-state index contributed by atoms with van der Waals surface area (Å²) >= 11 is 0. The summed E-state index contributed by atoms with van der Waals surface area (Å²) < 4.78 is 15.9. The number of hydrogen-bond donors (Lipinski definition) is 2. The summed E-state index contributed by atoms with van der Waals surface area (Å²) in [7, 11) is 4.52. The molecule has 0 unspecified atom stereocenters. The van der Waals surface area contributed by atoms with Crippen LogP contribution in [0, 0.1) is 0 Å². The van der Waals surface area contributed by atoms with Gasteiger partial charge in [0.05, 0.1) is 21.3 Å². The van der Waals surface area contributed by atoms with Gasteiger partial charge in [-0.15, -0.1) is 0 Å². The second-order valence-electron chi connectivity index (χ2n) is 7.25. The summed E-state index contributed by atoms with van der Waals surface area (Å²) in [5.41, 5.74) is 1.92. The molecular weight excluding hydrogens is 384 g/mol. The molecular formula is C23H28N2O5. The second kappa shape index (κ2) is 10.0. The van der Waals surface area contributed by atoms with Crippen molar-refractivity contribution in [3.05, 3.63) is 53.1 Å². The maximum atomic E-state index is 12.6. The molecule has 160 valence electrons. The lowest BCUT2D eigenvalue weighted by atomic mass is 10.1. The molecule has 1 fully saturated rings. The van der Waals surface area contributed by atoms with Gasteiger partial charge in [0.1, 0.15) is 0 Å². The fourth-order valence-corrected chi connectivity index (χ4v) is 3.61. The summed E-state index contributed by atoms with van der Waals surface area (Å²) in [5.74, 6) is 0.953. The number of benzene rings is 2. The number of carbonyl (C=O) groups excluding carboxylic acids is 2. The Morgan fingerprint density at radius 3 is 2.00 bits per heavy atom. The molecule has 3 rings (SSSR count). The van der Waals surface area contributed by atoms with Gasteiger partial charge in [-0.1, -0.05) is 25.0 Å². The van der Waals surface area contributed by atoms with E-state index in [0.29, 0.717) is 34.9 Å². The van der Waals surface area contributed by atoms with Gasteiger partial charge in [-0.3, -0.25) is 9.59 Å². The first-order chi connectivity index (χ1) is 14.5. The molecule has 0 heterocycles. The maximum absolute atomic E-state index is 12.6. The lowest BCUT2D eigenvalue weighted by Crippen LogP contribution is -2.32. The molecule has 7 heteroatoms. The van der Waals surface area contributed by atoms with Crippen LogP contribution in [0.2, 0.25) is 0 Å². The van der Waals surface area contributed by atoms with Crippen LogP contribution in [0.1, 0.15) is 52.0 Å². The van der Waals surface area contributed by atoms with Gasteiger partial charge in [0.25, 0.3) is 11.8 Å². The Kier molecular flexibility index (Phi) is 7.17. The van der Waals surface area contributed by atoms with Crippen LogP contribution in [0.25, 0.3) is 0 Å². The van der Waals surface area contributed by atoms with Crippen molar-refractivity contribution in [2.75, 3.05) is 21.3 Å². The van der Waals surface area contributed by atoms with E-state index in [1.165, 1.54) is 34.2 Å². The van der Waals surface area contributed by atoms with Gasteiger partial charge >= 0.3 is 0 Å². The third kappa shape index (κ3) is 5.03. The molecule has 0 aliphatic heterocycles. The van der Waals surface area contributed by atoms with Gasteiger partial charge in [-0.25, -0.2) is 0 Å². The first-order valence-electron chi connectivity index (χ1n) is 10.0. The van der Waals surface area contributed by atoms with Crippen LogP contribution in [-0.4, -0.2) is 39.2 Å². The third-order valence-electron chi connectivity index (χ3n) is 5.29. The number of amides is 2. The predicted molar refractivity (Wildman–Crippen MR) is 113 cm³/mol. The molecule has 1 saturated carbocycles. The zero-order valence-electron chi connectivity index (χ0n) is 17.6. The highest BCUT2D eigenvalue weighted by Gasteiger charge is 2.18. The number of hydrogen-bond acceptors (Lipinski definition) is 5. The highest BCUT2D eigenvalue weighted by Crippen LogP contribution is 2.38. The minimum Gasteiger partial charge on any atom is -0.493 e. The Labute approximate surface area is 176 Å². The van der Waals surface area contributed by atoms with Crippen molar-refractivity contribution in [2.45, 2.75) is 38.3 Å². The molecule has 0 spiro atoms. The van der Waals surface area contributed by atoms with Crippen molar-refractivity contribution in [3.8, 4) is 17.2 Å². The monoisotopic (exact) mass is 412 g/mol. The van der Waals surface area contributed by atoms with Crippen LogP contribution < -0.4 is 24.8 Å². The number of methoxy groups -OCH3 is 3. The fourth-order valence-electron chi connectivity index (χ4n) is 3.61. The SMILES string of the molecule is COc1cc(C(=O)NCc2ccc(C(=O)NC3CCCC3)cc2)cc(OC)c1OC. The van der Waals surface area contributed by atoms with Crippen LogP contribution in [0.3, 0.4) is 0 Å². The van der Waals surface area contributed by atoms with E-state index in [9.17, 15) is 9.59 Å². The van der Waals surface area contributed by atoms with E-state index < -0.39 is 0 Å². The molecule has 7 nitrogen and oxygen atoms in total. The van der Waals surface area contributed by atoms with Gasteiger partial charge in [-0.2, -0.15) is 0 Å². The summed E-state index contributed by atoms with van der Waals surface area (Å²) in [4.78, 5) is 24.9. The number of carbonyl (C=O) groups is 2. The standard InChI is InChI=1S/C23H28N2O5/c1-28-19-12-17(13-20(29-2)21(19)30-3)22(26)24-14-15-8-10-16(11-9-15)23(27)25-18-6-4-5-7-18/h8-13,18H,4-7,14H2,1-3H3,(H,24,26)(H,25,27). The molecule has 0 atom stereocenters. The molecule has 2 N–H and O–H groups in total. The topological polar surface area (TPSA) is 85.9 Å². The van der Waals surface area contributed by atoms with Crippen molar-refractivity contribution in [1.29, 1.82) is 0 Å². The summed E-state index contributed by atoms with van der Waals surface area (Å²) in [5, 5.41) is 5.95. The molecule has 0 radical (unpaired) electrons. The highest BCUT2D eigenvalue weighted by atomic mass is 16.5. The van der Waals surface area contributed by atoms with E-state index in [2.05, 4.69) is 10.6 Å². The van der Waals surface area contributed by atoms with Crippen LogP contribution in [0.4, 0.5) is 0 Å². The number of rotatable bonds is 8. The lowest BCUT2D eigenvalue weighted by Gasteiger charge is -2.14. The molecule has 0 aromatic heterocycles. The smallest absolute Gasteiger partial charge is 0.251 e. The Morgan fingerprint density at radius 1 is 0.867 bits per heavy atom. The minimum absolute atomic E-state index is 0.0464. The zero-order chi connectivity index (χ0) is 21.5. The van der Waals surface area contributed by atoms with Gasteiger partial charge in [0.2, 0.25) is 5.75 Å². The first-order valence-corrected chi connectivity index (χ1v) is 10.0. The lowest BCUT2D eigenvalue weighted by molar-refractivity contribution is 0.0933. The van der Waals surface area contributed by atoms with Gasteiger partial charge in [0.15, 0.2) is 11.5 Å². The maximum Gasteiger partial charge on any atom is 0.251 e. The highest BCUT2D eigenvalue weighted by molar-refractivity contribution is 5.96. The quantitative estimate of drug-likeness (QED) is 0.695. The van der Waals surface area contributed by atoms with Gasteiger partial charge in [-0.05, 0) is 42.7 Å². The molecule has 2 aromatic carbocycles. The summed E-state index contributed by atoms with van der Waals surface area (Å²) in [6.45, 7) is 0.333. The number of ether oxygens (including phenoxy) is 3. The Bertz CT molecular complexity index is 864.